The van der Waals surface area contributed by atoms with Gasteiger partial charge >= 0.3 is 5.69 Å². The Bertz CT molecular complexity index is 1420. The van der Waals surface area contributed by atoms with Crippen LogP contribution in [-0.2, 0) is 7.05 Å². The minimum absolute atomic E-state index is 0.0399. The normalized spacial score (nSPS) is 15.3. The zero-order chi connectivity index (χ0) is 22.9. The Labute approximate surface area is 192 Å². The molecule has 7 heteroatoms. The smallest absolute Gasteiger partial charge is 0.329 e. The number of nitrogens with one attached hydrogen (secondary N) is 2. The lowest BCUT2D eigenvalue weighted by Crippen LogP contribution is -2.27. The predicted molar refractivity (Wildman–Crippen MR) is 134 cm³/mol. The molecule has 0 amide bonds. The van der Waals surface area contributed by atoms with E-state index in [1.165, 1.54) is 25.5 Å². The van der Waals surface area contributed by atoms with Crippen molar-refractivity contribution in [1.29, 1.82) is 5.41 Å². The number of nitrogens with zero attached hydrogens (tertiary/aromatic N) is 4. The minimum Gasteiger partial charge on any atom is -0.393 e. The van der Waals surface area contributed by atoms with Crippen molar-refractivity contribution in [3.63, 3.8) is 0 Å². The first kappa shape index (κ1) is 21.1. The number of benzene rings is 1. The summed E-state index contributed by atoms with van der Waals surface area (Å²) in [5.74, 6) is 0. The Morgan fingerprint density at radius 1 is 1.09 bits per heavy atom. The summed E-state index contributed by atoms with van der Waals surface area (Å²) in [6.07, 6.45) is 12.4. The quantitative estimate of drug-likeness (QED) is 0.442. The van der Waals surface area contributed by atoms with Gasteiger partial charge in [0.2, 0.25) is 0 Å². The molecular formula is C26H28N6O. The van der Waals surface area contributed by atoms with E-state index in [2.05, 4.69) is 21.4 Å². The highest BCUT2D eigenvalue weighted by atomic mass is 16.1. The molecule has 0 bridgehead atoms. The number of rotatable bonds is 5. The molecule has 0 radical (unpaired) electrons. The lowest BCUT2D eigenvalue weighted by molar-refractivity contribution is 0.351. The van der Waals surface area contributed by atoms with Crippen molar-refractivity contribution in [1.82, 2.24) is 24.4 Å². The van der Waals surface area contributed by atoms with Gasteiger partial charge in [0.25, 0.3) is 0 Å². The number of hydrogen-bond donors (Lipinski definition) is 2. The van der Waals surface area contributed by atoms with Crippen molar-refractivity contribution in [2.75, 3.05) is 7.05 Å². The fourth-order valence-corrected chi connectivity index (χ4v) is 4.97. The van der Waals surface area contributed by atoms with Gasteiger partial charge in [-0.1, -0.05) is 31.4 Å². The molecule has 1 aliphatic carbocycles. The molecular weight excluding hydrogens is 412 g/mol. The average Bonchev–Trinajstić information content (AvgIpc) is 3.13. The molecule has 3 aromatic heterocycles. The van der Waals surface area contributed by atoms with E-state index >= 15 is 0 Å². The SMILES string of the molecule is CN/C=C(\C=N)c1ccc(-c2ccc3ncc4c(c3c2)n(C2CCCCC2)c(=O)n4C)cn1. The van der Waals surface area contributed by atoms with E-state index in [1.807, 2.05) is 48.3 Å². The molecule has 0 spiro atoms. The summed E-state index contributed by atoms with van der Waals surface area (Å²) in [5, 5.41) is 11.5. The van der Waals surface area contributed by atoms with Gasteiger partial charge in [-0.05, 0) is 36.6 Å². The molecule has 33 heavy (non-hydrogen) atoms. The highest BCUT2D eigenvalue weighted by Crippen LogP contribution is 2.34. The van der Waals surface area contributed by atoms with Crippen molar-refractivity contribution in [2.45, 2.75) is 38.1 Å². The number of hydrogen-bond acceptors (Lipinski definition) is 5. The summed E-state index contributed by atoms with van der Waals surface area (Å²) in [6, 6.07) is 10.4. The largest absolute Gasteiger partial charge is 0.393 e. The minimum atomic E-state index is 0.0399. The van der Waals surface area contributed by atoms with Crippen molar-refractivity contribution in [2.24, 2.45) is 7.05 Å². The molecule has 1 aliphatic rings. The Kier molecular flexibility index (Phi) is 5.54. The third-order valence-corrected chi connectivity index (χ3v) is 6.70. The number of aryl methyl sites for hydroxylation is 1. The van der Waals surface area contributed by atoms with E-state index in [0.717, 1.165) is 51.6 Å². The predicted octanol–water partition coefficient (Wildman–Crippen LogP) is 4.67. The molecule has 1 aromatic carbocycles. The van der Waals surface area contributed by atoms with Gasteiger partial charge in [0.1, 0.15) is 0 Å². The van der Waals surface area contributed by atoms with E-state index in [1.54, 1.807) is 17.8 Å². The number of fused-ring (bicyclic) bond motifs is 3. The summed E-state index contributed by atoms with van der Waals surface area (Å²) < 4.78 is 3.74. The maximum atomic E-state index is 13.2. The van der Waals surface area contributed by atoms with Crippen LogP contribution in [0.4, 0.5) is 0 Å². The molecule has 0 atom stereocenters. The second-order valence-corrected chi connectivity index (χ2v) is 8.69. The van der Waals surface area contributed by atoms with Crippen LogP contribution in [0.2, 0.25) is 0 Å². The Morgan fingerprint density at radius 3 is 2.58 bits per heavy atom. The first-order chi connectivity index (χ1) is 16.1. The molecule has 4 aromatic rings. The van der Waals surface area contributed by atoms with Crippen LogP contribution in [0, 0.1) is 5.41 Å². The second-order valence-electron chi connectivity index (χ2n) is 8.69. The molecule has 3 heterocycles. The van der Waals surface area contributed by atoms with Crippen LogP contribution in [0.5, 0.6) is 0 Å². The average molecular weight is 441 g/mol. The number of aromatic nitrogens is 4. The van der Waals surface area contributed by atoms with Gasteiger partial charge in [0.05, 0.1) is 28.4 Å². The van der Waals surface area contributed by atoms with Gasteiger partial charge in [-0.15, -0.1) is 0 Å². The number of allylic oxidation sites excluding steroid dienone is 1. The molecule has 0 aliphatic heterocycles. The molecule has 0 saturated heterocycles. The molecule has 1 fully saturated rings. The topological polar surface area (TPSA) is 88.6 Å². The first-order valence-electron chi connectivity index (χ1n) is 11.5. The summed E-state index contributed by atoms with van der Waals surface area (Å²) in [4.78, 5) is 22.4. The van der Waals surface area contributed by atoms with Crippen LogP contribution < -0.4 is 11.0 Å². The fourth-order valence-electron chi connectivity index (χ4n) is 4.97. The zero-order valence-corrected chi connectivity index (χ0v) is 19.0. The molecule has 5 rings (SSSR count). The molecule has 2 N–H and O–H groups in total. The molecule has 168 valence electrons. The van der Waals surface area contributed by atoms with E-state index in [9.17, 15) is 4.79 Å². The lowest BCUT2D eigenvalue weighted by Gasteiger charge is -2.23. The van der Waals surface area contributed by atoms with Crippen LogP contribution >= 0.6 is 0 Å². The van der Waals surface area contributed by atoms with Crippen LogP contribution in [-0.4, -0.2) is 32.4 Å². The van der Waals surface area contributed by atoms with Gasteiger partial charge in [-0.25, -0.2) is 4.79 Å². The summed E-state index contributed by atoms with van der Waals surface area (Å²) >= 11 is 0. The summed E-state index contributed by atoms with van der Waals surface area (Å²) in [6.45, 7) is 0. The van der Waals surface area contributed by atoms with E-state index in [0.29, 0.717) is 5.57 Å². The van der Waals surface area contributed by atoms with E-state index in [-0.39, 0.29) is 11.7 Å². The zero-order valence-electron chi connectivity index (χ0n) is 19.0. The standard InChI is InChI=1S/C26H28N6O/c1-28-14-19(13-27)22-10-9-18(15-29-22)17-8-11-23-21(12-17)25-24(16-30-23)31(2)26(33)32(25)20-6-4-3-5-7-20/h8-16,20,27-28H,3-7H2,1-2H3/b19-14+,27-13?. The van der Waals surface area contributed by atoms with Gasteiger partial charge in [-0.3, -0.25) is 19.1 Å². The lowest BCUT2D eigenvalue weighted by atomic mass is 9.95. The van der Waals surface area contributed by atoms with Gasteiger partial charge in [-0.2, -0.15) is 0 Å². The Hall–Kier alpha value is -3.74. The maximum Gasteiger partial charge on any atom is 0.329 e. The second kappa shape index (κ2) is 8.65. The third-order valence-electron chi connectivity index (χ3n) is 6.70. The third kappa shape index (κ3) is 3.63. The molecule has 7 nitrogen and oxygen atoms in total. The van der Waals surface area contributed by atoms with Crippen molar-refractivity contribution in [3.8, 4) is 11.1 Å². The monoisotopic (exact) mass is 440 g/mol. The van der Waals surface area contributed by atoms with Crippen LogP contribution in [0.1, 0.15) is 43.8 Å². The van der Waals surface area contributed by atoms with Crippen molar-refractivity contribution < 1.29 is 0 Å². The van der Waals surface area contributed by atoms with Gasteiger partial charge < -0.3 is 10.7 Å². The fraction of sp³-hybridized carbons (Fsp3) is 0.308. The Morgan fingerprint density at radius 2 is 1.88 bits per heavy atom. The first-order valence-corrected chi connectivity index (χ1v) is 11.5. The molecule has 0 unspecified atom stereocenters. The van der Waals surface area contributed by atoms with Crippen LogP contribution in [0.15, 0.2) is 53.7 Å². The van der Waals surface area contributed by atoms with E-state index in [4.69, 9.17) is 5.41 Å². The summed E-state index contributed by atoms with van der Waals surface area (Å²) in [5.41, 5.74) is 6.24. The highest BCUT2D eigenvalue weighted by molar-refractivity contribution is 6.07. The Balaban J connectivity index is 1.66. The number of imidazole rings is 1. The van der Waals surface area contributed by atoms with Crippen LogP contribution in [0.3, 0.4) is 0 Å². The van der Waals surface area contributed by atoms with Crippen molar-refractivity contribution in [3.05, 3.63) is 65.1 Å². The van der Waals surface area contributed by atoms with Gasteiger partial charge in [0, 0.05) is 55.3 Å². The number of pyridine rings is 2. The van der Waals surface area contributed by atoms with Gasteiger partial charge in [0.15, 0.2) is 0 Å². The highest BCUT2D eigenvalue weighted by Gasteiger charge is 2.23. The summed E-state index contributed by atoms with van der Waals surface area (Å²) in [7, 11) is 3.64. The van der Waals surface area contributed by atoms with Crippen molar-refractivity contribution >= 4 is 33.7 Å². The van der Waals surface area contributed by atoms with Crippen LogP contribution in [0.25, 0.3) is 38.6 Å². The maximum absolute atomic E-state index is 13.2. The van der Waals surface area contributed by atoms with E-state index < -0.39 is 0 Å². The molecule has 1 saturated carbocycles.